The van der Waals surface area contributed by atoms with Gasteiger partial charge in [0.2, 0.25) is 0 Å². The molecule has 1 heterocycles. The van der Waals surface area contributed by atoms with E-state index in [4.69, 9.17) is 11.6 Å². The Bertz CT molecular complexity index is 572. The molecule has 2 rings (SSSR count). The zero-order valence-corrected chi connectivity index (χ0v) is 10.4. The molecule has 0 fully saturated rings. The van der Waals surface area contributed by atoms with Crippen molar-refractivity contribution < 1.29 is 9.90 Å². The summed E-state index contributed by atoms with van der Waals surface area (Å²) in [5, 5.41) is 10.1. The molecular weight excluding hydrogens is 252 g/mol. The summed E-state index contributed by atoms with van der Waals surface area (Å²) < 4.78 is 0. The number of aromatic nitrogens is 1. The lowest BCUT2D eigenvalue weighted by Gasteiger charge is -2.16. The Kier molecular flexibility index (Phi) is 3.48. The maximum absolute atomic E-state index is 12.2. The van der Waals surface area contributed by atoms with Gasteiger partial charge in [-0.25, -0.2) is 4.98 Å². The third-order valence-electron chi connectivity index (χ3n) is 2.49. The van der Waals surface area contributed by atoms with Crippen LogP contribution in [0.25, 0.3) is 0 Å². The van der Waals surface area contributed by atoms with Crippen LogP contribution in [0.5, 0.6) is 5.75 Å². The normalized spacial score (nSPS) is 10.1. The summed E-state index contributed by atoms with van der Waals surface area (Å²) in [7, 11) is 1.60. The lowest BCUT2D eigenvalue weighted by atomic mass is 10.2. The van der Waals surface area contributed by atoms with Gasteiger partial charge in [0.15, 0.2) is 0 Å². The van der Waals surface area contributed by atoms with Crippen molar-refractivity contribution in [3.63, 3.8) is 0 Å². The van der Waals surface area contributed by atoms with E-state index in [0.717, 1.165) is 0 Å². The number of rotatable bonds is 2. The molecule has 0 bridgehead atoms. The highest BCUT2D eigenvalue weighted by Crippen LogP contribution is 2.24. The van der Waals surface area contributed by atoms with Crippen molar-refractivity contribution in [1.29, 1.82) is 0 Å². The Balaban J connectivity index is 2.32. The van der Waals surface area contributed by atoms with Crippen LogP contribution in [-0.2, 0) is 0 Å². The van der Waals surface area contributed by atoms with Crippen molar-refractivity contribution >= 4 is 23.3 Å². The summed E-state index contributed by atoms with van der Waals surface area (Å²) in [6.45, 7) is 0. The molecule has 0 aliphatic carbocycles. The second-order valence-corrected chi connectivity index (χ2v) is 4.15. The number of halogens is 1. The van der Waals surface area contributed by atoms with Crippen LogP contribution in [-0.4, -0.2) is 23.0 Å². The predicted octanol–water partition coefficient (Wildman–Crippen LogP) is 2.72. The highest BCUT2D eigenvalue weighted by Gasteiger charge is 2.17. The minimum Gasteiger partial charge on any atom is -0.507 e. The second-order valence-electron chi connectivity index (χ2n) is 3.71. The first kappa shape index (κ1) is 12.4. The van der Waals surface area contributed by atoms with Crippen LogP contribution in [0.15, 0.2) is 42.6 Å². The molecule has 0 radical (unpaired) electrons. The highest BCUT2D eigenvalue weighted by molar-refractivity contribution is 6.31. The Morgan fingerprint density at radius 2 is 2.11 bits per heavy atom. The number of hydrogen-bond donors (Lipinski definition) is 1. The number of pyridine rings is 1. The second kappa shape index (κ2) is 5.06. The quantitative estimate of drug-likeness (QED) is 0.905. The van der Waals surface area contributed by atoms with Gasteiger partial charge < -0.3 is 5.11 Å². The summed E-state index contributed by atoms with van der Waals surface area (Å²) in [5.41, 5.74) is 0.188. The summed E-state index contributed by atoms with van der Waals surface area (Å²) in [6, 6.07) is 9.64. The molecule has 0 atom stereocenters. The minimum atomic E-state index is -0.345. The largest absolute Gasteiger partial charge is 0.507 e. The lowest BCUT2D eigenvalue weighted by Crippen LogP contribution is -2.27. The number of anilines is 1. The van der Waals surface area contributed by atoms with Gasteiger partial charge in [0.05, 0.1) is 5.56 Å². The highest BCUT2D eigenvalue weighted by atomic mass is 35.5. The van der Waals surface area contributed by atoms with E-state index in [9.17, 15) is 9.90 Å². The van der Waals surface area contributed by atoms with Crippen molar-refractivity contribution in [3.05, 3.63) is 53.2 Å². The fourth-order valence-electron chi connectivity index (χ4n) is 1.52. The molecule has 0 aliphatic rings. The van der Waals surface area contributed by atoms with Gasteiger partial charge in [-0.05, 0) is 30.3 Å². The monoisotopic (exact) mass is 262 g/mol. The average molecular weight is 263 g/mol. The van der Waals surface area contributed by atoms with Crippen LogP contribution in [0.1, 0.15) is 10.4 Å². The molecule has 4 nitrogen and oxygen atoms in total. The molecule has 0 spiro atoms. The summed E-state index contributed by atoms with van der Waals surface area (Å²) in [5.74, 6) is 0.0231. The number of hydrogen-bond acceptors (Lipinski definition) is 3. The molecular formula is C13H11ClN2O2. The Morgan fingerprint density at radius 1 is 1.33 bits per heavy atom. The van der Waals surface area contributed by atoms with Gasteiger partial charge in [-0.15, -0.1) is 0 Å². The topological polar surface area (TPSA) is 53.4 Å². The number of carbonyl (C=O) groups is 1. The molecule has 1 aromatic carbocycles. The van der Waals surface area contributed by atoms with E-state index in [0.29, 0.717) is 10.8 Å². The minimum absolute atomic E-state index is 0.143. The number of phenolic OH excluding ortho intramolecular Hbond substituents is 1. The first-order valence-corrected chi connectivity index (χ1v) is 5.65. The smallest absolute Gasteiger partial charge is 0.262 e. The summed E-state index contributed by atoms with van der Waals surface area (Å²) in [6.07, 6.45) is 1.60. The Hall–Kier alpha value is -2.07. The van der Waals surface area contributed by atoms with Crippen molar-refractivity contribution in [3.8, 4) is 5.75 Å². The van der Waals surface area contributed by atoms with Crippen LogP contribution in [0, 0.1) is 0 Å². The number of amides is 1. The summed E-state index contributed by atoms with van der Waals surface area (Å²) in [4.78, 5) is 17.6. The molecule has 0 saturated heterocycles. The third kappa shape index (κ3) is 2.43. The van der Waals surface area contributed by atoms with E-state index < -0.39 is 0 Å². The first-order chi connectivity index (χ1) is 8.59. The van der Waals surface area contributed by atoms with Gasteiger partial charge >= 0.3 is 0 Å². The van der Waals surface area contributed by atoms with E-state index in [1.807, 2.05) is 0 Å². The molecule has 1 aromatic heterocycles. The number of aromatic hydroxyl groups is 1. The fourth-order valence-corrected chi connectivity index (χ4v) is 1.69. The Morgan fingerprint density at radius 3 is 2.72 bits per heavy atom. The molecule has 0 unspecified atom stereocenters. The van der Waals surface area contributed by atoms with E-state index in [1.54, 1.807) is 37.5 Å². The van der Waals surface area contributed by atoms with Crippen molar-refractivity contribution in [2.24, 2.45) is 0 Å². The number of benzene rings is 1. The lowest BCUT2D eigenvalue weighted by molar-refractivity contribution is 0.0990. The SMILES string of the molecule is CN(C(=O)c1ccc(Cl)cc1O)c1ccccn1. The molecule has 1 N–H and O–H groups in total. The van der Waals surface area contributed by atoms with Crippen molar-refractivity contribution in [2.75, 3.05) is 11.9 Å². The Labute approximate surface area is 109 Å². The van der Waals surface area contributed by atoms with Gasteiger partial charge in [0.25, 0.3) is 5.91 Å². The van der Waals surface area contributed by atoms with Gasteiger partial charge in [0.1, 0.15) is 11.6 Å². The molecule has 2 aromatic rings. The maximum Gasteiger partial charge on any atom is 0.262 e. The van der Waals surface area contributed by atoms with Gasteiger partial charge in [0, 0.05) is 18.3 Å². The third-order valence-corrected chi connectivity index (χ3v) is 2.72. The van der Waals surface area contributed by atoms with Gasteiger partial charge in [-0.1, -0.05) is 17.7 Å². The van der Waals surface area contributed by atoms with Crippen molar-refractivity contribution in [1.82, 2.24) is 4.98 Å². The van der Waals surface area contributed by atoms with E-state index in [-0.39, 0.29) is 17.2 Å². The number of carbonyl (C=O) groups excluding carboxylic acids is 1. The molecule has 18 heavy (non-hydrogen) atoms. The number of phenols is 1. The fraction of sp³-hybridized carbons (Fsp3) is 0.0769. The van der Waals surface area contributed by atoms with Crippen LogP contribution >= 0.6 is 11.6 Å². The van der Waals surface area contributed by atoms with Crippen molar-refractivity contribution in [2.45, 2.75) is 0 Å². The average Bonchev–Trinajstić information content (AvgIpc) is 2.38. The molecule has 1 amide bonds. The van der Waals surface area contributed by atoms with E-state index >= 15 is 0 Å². The molecule has 5 heteroatoms. The van der Waals surface area contributed by atoms with Crippen LogP contribution in [0.2, 0.25) is 5.02 Å². The molecule has 92 valence electrons. The van der Waals surface area contributed by atoms with Crippen LogP contribution < -0.4 is 4.90 Å². The van der Waals surface area contributed by atoms with E-state index in [2.05, 4.69) is 4.98 Å². The van der Waals surface area contributed by atoms with Crippen LogP contribution in [0.3, 0.4) is 0 Å². The number of nitrogens with zero attached hydrogens (tertiary/aromatic N) is 2. The molecule has 0 aliphatic heterocycles. The zero-order valence-electron chi connectivity index (χ0n) is 9.67. The van der Waals surface area contributed by atoms with Gasteiger partial charge in [-0.3, -0.25) is 9.69 Å². The first-order valence-electron chi connectivity index (χ1n) is 5.27. The standard InChI is InChI=1S/C13H11ClN2O2/c1-16(12-4-2-3-7-15-12)13(18)10-6-5-9(14)8-11(10)17/h2-8,17H,1H3. The predicted molar refractivity (Wildman–Crippen MR) is 70.1 cm³/mol. The zero-order chi connectivity index (χ0) is 13.1. The maximum atomic E-state index is 12.2. The van der Waals surface area contributed by atoms with Crippen LogP contribution in [0.4, 0.5) is 5.82 Å². The molecule has 0 saturated carbocycles. The van der Waals surface area contributed by atoms with Gasteiger partial charge in [-0.2, -0.15) is 0 Å². The summed E-state index contributed by atoms with van der Waals surface area (Å²) >= 11 is 5.72. The van der Waals surface area contributed by atoms with E-state index in [1.165, 1.54) is 17.0 Å².